The Morgan fingerprint density at radius 2 is 1.43 bits per heavy atom. The summed E-state index contributed by atoms with van der Waals surface area (Å²) in [6.07, 6.45) is 3.07. The summed E-state index contributed by atoms with van der Waals surface area (Å²) in [5, 5.41) is 3.35. The maximum absolute atomic E-state index is 12.2. The Labute approximate surface area is 143 Å². The molecule has 2 amide bonds. The second-order valence-corrected chi connectivity index (χ2v) is 5.96. The zero-order valence-electron chi connectivity index (χ0n) is 13.3. The molecule has 1 fully saturated rings. The van der Waals surface area contributed by atoms with Crippen molar-refractivity contribution in [2.24, 2.45) is 0 Å². The fourth-order valence-corrected chi connectivity index (χ4v) is 3.16. The number of piperazine rings is 1. The highest BCUT2D eigenvalue weighted by molar-refractivity contribution is 6.21. The van der Waals surface area contributed by atoms with Crippen LogP contribution in [0.15, 0.2) is 24.3 Å². The Morgan fingerprint density at radius 3 is 2.04 bits per heavy atom. The minimum Gasteiger partial charge on any atom is -0.314 e. The van der Waals surface area contributed by atoms with Gasteiger partial charge in [0.2, 0.25) is 0 Å². The molecule has 23 heavy (non-hydrogen) atoms. The van der Waals surface area contributed by atoms with Crippen LogP contribution in [-0.4, -0.2) is 60.9 Å². The second kappa shape index (κ2) is 8.43. The molecule has 0 aromatic heterocycles. The molecule has 1 aromatic rings. The molecule has 0 atom stereocenters. The molecule has 0 bridgehead atoms. The van der Waals surface area contributed by atoms with E-state index in [1.54, 1.807) is 24.3 Å². The first-order valence-corrected chi connectivity index (χ1v) is 8.15. The summed E-state index contributed by atoms with van der Waals surface area (Å²) in [5.41, 5.74) is 1.10. The molecule has 1 N–H and O–H groups in total. The highest BCUT2D eigenvalue weighted by atomic mass is 35.5. The third-order valence-corrected chi connectivity index (χ3v) is 4.44. The van der Waals surface area contributed by atoms with Gasteiger partial charge in [-0.1, -0.05) is 18.6 Å². The standard InChI is InChI=1S/C17H23N3O2.ClH/c21-16-14-6-2-3-7-15(14)17(22)20(16)11-5-1-4-10-19-12-8-18-9-13-19;/h2-3,6-7,18H,1,4-5,8-13H2;1H. The molecule has 1 aromatic carbocycles. The van der Waals surface area contributed by atoms with E-state index in [1.165, 1.54) is 4.90 Å². The van der Waals surface area contributed by atoms with E-state index in [9.17, 15) is 9.59 Å². The Kier molecular flexibility index (Phi) is 6.57. The number of benzene rings is 1. The van der Waals surface area contributed by atoms with Gasteiger partial charge in [-0.05, 0) is 31.5 Å². The van der Waals surface area contributed by atoms with Gasteiger partial charge in [0.05, 0.1) is 11.1 Å². The van der Waals surface area contributed by atoms with Crippen molar-refractivity contribution in [3.8, 4) is 0 Å². The number of fused-ring (bicyclic) bond motifs is 1. The molecule has 2 aliphatic rings. The number of rotatable bonds is 6. The number of carbonyl (C=O) groups is 2. The van der Waals surface area contributed by atoms with Gasteiger partial charge in [0.25, 0.3) is 11.8 Å². The van der Waals surface area contributed by atoms with Crippen LogP contribution in [0, 0.1) is 0 Å². The lowest BCUT2D eigenvalue weighted by molar-refractivity contribution is 0.0651. The van der Waals surface area contributed by atoms with Crippen molar-refractivity contribution in [2.75, 3.05) is 39.3 Å². The van der Waals surface area contributed by atoms with Gasteiger partial charge < -0.3 is 10.2 Å². The first-order valence-electron chi connectivity index (χ1n) is 8.15. The molecule has 0 unspecified atom stereocenters. The predicted molar refractivity (Wildman–Crippen MR) is 92.2 cm³/mol. The first kappa shape index (κ1) is 17.9. The summed E-state index contributed by atoms with van der Waals surface area (Å²) >= 11 is 0. The average Bonchev–Trinajstić information content (AvgIpc) is 2.81. The van der Waals surface area contributed by atoms with Crippen LogP contribution in [0.2, 0.25) is 0 Å². The molecule has 0 aliphatic carbocycles. The molecule has 0 radical (unpaired) electrons. The van der Waals surface area contributed by atoms with Crippen molar-refractivity contribution in [1.82, 2.24) is 15.1 Å². The van der Waals surface area contributed by atoms with Crippen molar-refractivity contribution in [3.05, 3.63) is 35.4 Å². The van der Waals surface area contributed by atoms with Gasteiger partial charge in [-0.15, -0.1) is 12.4 Å². The number of hydrogen-bond acceptors (Lipinski definition) is 4. The molecule has 5 nitrogen and oxygen atoms in total. The van der Waals surface area contributed by atoms with Gasteiger partial charge in [0, 0.05) is 32.7 Å². The van der Waals surface area contributed by atoms with Crippen LogP contribution in [0.25, 0.3) is 0 Å². The Morgan fingerprint density at radius 1 is 0.870 bits per heavy atom. The van der Waals surface area contributed by atoms with Crippen LogP contribution >= 0.6 is 12.4 Å². The van der Waals surface area contributed by atoms with E-state index in [0.29, 0.717) is 17.7 Å². The lowest BCUT2D eigenvalue weighted by Gasteiger charge is -2.27. The fraction of sp³-hybridized carbons (Fsp3) is 0.529. The number of imide groups is 1. The molecule has 3 rings (SSSR count). The topological polar surface area (TPSA) is 52.7 Å². The third-order valence-electron chi connectivity index (χ3n) is 4.44. The Balaban J connectivity index is 0.00000192. The molecule has 0 spiro atoms. The predicted octanol–water partition coefficient (Wildman–Crippen LogP) is 1.78. The second-order valence-electron chi connectivity index (χ2n) is 5.96. The molecule has 126 valence electrons. The first-order chi connectivity index (χ1) is 10.8. The quantitative estimate of drug-likeness (QED) is 0.635. The van der Waals surface area contributed by atoms with E-state index >= 15 is 0 Å². The van der Waals surface area contributed by atoms with E-state index in [-0.39, 0.29) is 24.2 Å². The van der Waals surface area contributed by atoms with Crippen LogP contribution in [0.3, 0.4) is 0 Å². The molecular formula is C17H24ClN3O2. The number of halogens is 1. The maximum Gasteiger partial charge on any atom is 0.261 e. The van der Waals surface area contributed by atoms with Gasteiger partial charge in [-0.3, -0.25) is 14.5 Å². The van der Waals surface area contributed by atoms with Gasteiger partial charge in [0.15, 0.2) is 0 Å². The fourth-order valence-electron chi connectivity index (χ4n) is 3.16. The number of nitrogens with one attached hydrogen (secondary N) is 1. The molecular weight excluding hydrogens is 314 g/mol. The highest BCUT2D eigenvalue weighted by Crippen LogP contribution is 2.22. The number of amides is 2. The number of hydrogen-bond donors (Lipinski definition) is 1. The number of unbranched alkanes of at least 4 members (excludes halogenated alkanes) is 2. The minimum atomic E-state index is -0.136. The molecule has 0 saturated carbocycles. The van der Waals surface area contributed by atoms with E-state index in [4.69, 9.17) is 0 Å². The minimum absolute atomic E-state index is 0. The van der Waals surface area contributed by atoms with Crippen LogP contribution in [0.5, 0.6) is 0 Å². The summed E-state index contributed by atoms with van der Waals surface area (Å²) in [6, 6.07) is 7.09. The largest absolute Gasteiger partial charge is 0.314 e. The monoisotopic (exact) mass is 337 g/mol. The summed E-state index contributed by atoms with van der Waals surface area (Å²) in [5.74, 6) is -0.273. The van der Waals surface area contributed by atoms with Gasteiger partial charge in [-0.2, -0.15) is 0 Å². The normalized spacial score (nSPS) is 18.0. The summed E-state index contributed by atoms with van der Waals surface area (Å²) in [6.45, 7) is 6.05. The number of carbonyl (C=O) groups excluding carboxylic acids is 2. The lowest BCUT2D eigenvalue weighted by atomic mass is 10.1. The molecule has 2 aliphatic heterocycles. The maximum atomic E-state index is 12.2. The zero-order valence-corrected chi connectivity index (χ0v) is 14.1. The van der Waals surface area contributed by atoms with Crippen LogP contribution in [0.1, 0.15) is 40.0 Å². The van der Waals surface area contributed by atoms with Crippen molar-refractivity contribution >= 4 is 24.2 Å². The lowest BCUT2D eigenvalue weighted by Crippen LogP contribution is -2.43. The van der Waals surface area contributed by atoms with E-state index in [2.05, 4.69) is 10.2 Å². The third kappa shape index (κ3) is 4.10. The van der Waals surface area contributed by atoms with Crippen LogP contribution in [0.4, 0.5) is 0 Å². The summed E-state index contributed by atoms with van der Waals surface area (Å²) in [4.78, 5) is 28.3. The summed E-state index contributed by atoms with van der Waals surface area (Å²) in [7, 11) is 0. The smallest absolute Gasteiger partial charge is 0.261 e. The van der Waals surface area contributed by atoms with Gasteiger partial charge in [-0.25, -0.2) is 0 Å². The summed E-state index contributed by atoms with van der Waals surface area (Å²) < 4.78 is 0. The molecule has 1 saturated heterocycles. The Bertz CT molecular complexity index is 524. The van der Waals surface area contributed by atoms with Crippen molar-refractivity contribution in [2.45, 2.75) is 19.3 Å². The van der Waals surface area contributed by atoms with Crippen LogP contribution in [-0.2, 0) is 0 Å². The molecule has 6 heteroatoms. The van der Waals surface area contributed by atoms with Crippen LogP contribution < -0.4 is 5.32 Å². The highest BCUT2D eigenvalue weighted by Gasteiger charge is 2.34. The van der Waals surface area contributed by atoms with Gasteiger partial charge >= 0.3 is 0 Å². The molecule has 2 heterocycles. The van der Waals surface area contributed by atoms with E-state index in [0.717, 1.165) is 52.0 Å². The van der Waals surface area contributed by atoms with Crippen molar-refractivity contribution in [1.29, 1.82) is 0 Å². The number of nitrogens with zero attached hydrogens (tertiary/aromatic N) is 2. The van der Waals surface area contributed by atoms with E-state index < -0.39 is 0 Å². The van der Waals surface area contributed by atoms with Crippen molar-refractivity contribution in [3.63, 3.8) is 0 Å². The van der Waals surface area contributed by atoms with Crippen molar-refractivity contribution < 1.29 is 9.59 Å². The average molecular weight is 338 g/mol. The van der Waals surface area contributed by atoms with Gasteiger partial charge in [0.1, 0.15) is 0 Å². The van der Waals surface area contributed by atoms with E-state index in [1.807, 2.05) is 0 Å². The SMILES string of the molecule is Cl.O=C1c2ccccc2C(=O)N1CCCCCN1CCNCC1. The Hall–Kier alpha value is -1.43. The zero-order chi connectivity index (χ0) is 15.4.